The number of nitrogens with one attached hydrogen (secondary N) is 1. The number of nitrogens with zero attached hydrogens (tertiary/aromatic N) is 1. The van der Waals surface area contributed by atoms with Crippen LogP contribution in [-0.4, -0.2) is 24.2 Å². The third kappa shape index (κ3) is 3.75. The Morgan fingerprint density at radius 1 is 1.60 bits per heavy atom. The molecule has 0 fully saturated rings. The van der Waals surface area contributed by atoms with E-state index >= 15 is 0 Å². The summed E-state index contributed by atoms with van der Waals surface area (Å²) in [6.45, 7) is 7.45. The molecule has 0 radical (unpaired) electrons. The molecule has 0 bridgehead atoms. The molecule has 1 aromatic rings. The molecule has 0 aliphatic heterocycles. The third-order valence-electron chi connectivity index (χ3n) is 2.05. The predicted molar refractivity (Wildman–Crippen MR) is 63.0 cm³/mol. The maximum atomic E-state index is 5.62. The van der Waals surface area contributed by atoms with Gasteiger partial charge in [-0.05, 0) is 32.4 Å². The average molecular weight is 209 g/mol. The van der Waals surface area contributed by atoms with Crippen LogP contribution in [-0.2, 0) is 4.74 Å². The van der Waals surface area contributed by atoms with E-state index in [4.69, 9.17) is 10.5 Å². The summed E-state index contributed by atoms with van der Waals surface area (Å²) in [7, 11) is 0. The van der Waals surface area contributed by atoms with Crippen LogP contribution in [0.15, 0.2) is 12.3 Å². The lowest BCUT2D eigenvalue weighted by atomic mass is 10.2. The topological polar surface area (TPSA) is 60.2 Å². The number of hydrogen-bond donors (Lipinski definition) is 2. The van der Waals surface area contributed by atoms with E-state index in [0.29, 0.717) is 12.3 Å². The lowest BCUT2D eigenvalue weighted by Gasteiger charge is -2.15. The van der Waals surface area contributed by atoms with E-state index in [1.807, 2.05) is 19.9 Å². The number of pyridine rings is 1. The second-order valence-corrected chi connectivity index (χ2v) is 3.64. The molecule has 4 heteroatoms. The van der Waals surface area contributed by atoms with Crippen LogP contribution in [0.3, 0.4) is 0 Å². The second kappa shape index (κ2) is 5.56. The van der Waals surface area contributed by atoms with Gasteiger partial charge in [-0.15, -0.1) is 0 Å². The minimum atomic E-state index is 0.250. The van der Waals surface area contributed by atoms with Crippen LogP contribution < -0.4 is 11.1 Å². The number of rotatable bonds is 5. The Balaban J connectivity index is 2.56. The molecule has 1 aromatic heterocycles. The normalized spacial score (nSPS) is 12.5. The number of anilines is 2. The van der Waals surface area contributed by atoms with Crippen molar-refractivity contribution in [3.05, 3.63) is 17.8 Å². The van der Waals surface area contributed by atoms with Gasteiger partial charge in [-0.1, -0.05) is 0 Å². The van der Waals surface area contributed by atoms with Crippen molar-refractivity contribution in [2.24, 2.45) is 0 Å². The highest BCUT2D eigenvalue weighted by Crippen LogP contribution is 2.14. The SMILES string of the molecule is CCOCC(C)Nc1ncc(N)cc1C. The first-order valence-corrected chi connectivity index (χ1v) is 5.20. The Hall–Kier alpha value is -1.29. The minimum absolute atomic E-state index is 0.250. The molecule has 1 atom stereocenters. The number of nitrogen functional groups attached to an aromatic ring is 1. The molecule has 15 heavy (non-hydrogen) atoms. The van der Waals surface area contributed by atoms with Crippen LogP contribution in [0.5, 0.6) is 0 Å². The molecule has 0 amide bonds. The van der Waals surface area contributed by atoms with Gasteiger partial charge in [-0.3, -0.25) is 0 Å². The smallest absolute Gasteiger partial charge is 0.129 e. The van der Waals surface area contributed by atoms with Gasteiger partial charge in [-0.25, -0.2) is 4.98 Å². The molecule has 1 unspecified atom stereocenters. The summed E-state index contributed by atoms with van der Waals surface area (Å²) in [5, 5.41) is 3.28. The van der Waals surface area contributed by atoms with Crippen LogP contribution in [0, 0.1) is 6.92 Å². The Labute approximate surface area is 90.8 Å². The van der Waals surface area contributed by atoms with Gasteiger partial charge in [-0.2, -0.15) is 0 Å². The van der Waals surface area contributed by atoms with Gasteiger partial charge in [0, 0.05) is 12.6 Å². The molecule has 0 aliphatic rings. The van der Waals surface area contributed by atoms with Crippen LogP contribution in [0.4, 0.5) is 11.5 Å². The fourth-order valence-electron chi connectivity index (χ4n) is 1.32. The van der Waals surface area contributed by atoms with Crippen LogP contribution in [0.1, 0.15) is 19.4 Å². The number of ether oxygens (including phenoxy) is 1. The Morgan fingerprint density at radius 2 is 2.33 bits per heavy atom. The van der Waals surface area contributed by atoms with Gasteiger partial charge >= 0.3 is 0 Å². The van der Waals surface area contributed by atoms with Gasteiger partial charge in [0.05, 0.1) is 18.5 Å². The van der Waals surface area contributed by atoms with Crippen molar-refractivity contribution < 1.29 is 4.74 Å². The van der Waals surface area contributed by atoms with Gasteiger partial charge in [0.2, 0.25) is 0 Å². The fourth-order valence-corrected chi connectivity index (χ4v) is 1.32. The molecule has 0 aromatic carbocycles. The lowest BCUT2D eigenvalue weighted by Crippen LogP contribution is -2.22. The van der Waals surface area contributed by atoms with E-state index in [0.717, 1.165) is 18.0 Å². The summed E-state index contributed by atoms with van der Waals surface area (Å²) in [6, 6.07) is 2.16. The average Bonchev–Trinajstić information content (AvgIpc) is 2.19. The van der Waals surface area contributed by atoms with E-state index in [1.54, 1.807) is 6.20 Å². The van der Waals surface area contributed by atoms with Crippen LogP contribution in [0.25, 0.3) is 0 Å². The largest absolute Gasteiger partial charge is 0.397 e. The van der Waals surface area contributed by atoms with E-state index in [9.17, 15) is 0 Å². The molecule has 0 saturated carbocycles. The van der Waals surface area contributed by atoms with Gasteiger partial charge in [0.15, 0.2) is 0 Å². The zero-order valence-electron chi connectivity index (χ0n) is 9.58. The van der Waals surface area contributed by atoms with Crippen molar-refractivity contribution in [2.75, 3.05) is 24.3 Å². The molecule has 4 nitrogen and oxygen atoms in total. The first-order chi connectivity index (χ1) is 7.13. The van der Waals surface area contributed by atoms with E-state index in [-0.39, 0.29) is 6.04 Å². The molecular formula is C11H19N3O. The highest BCUT2D eigenvalue weighted by molar-refractivity contribution is 5.51. The Morgan fingerprint density at radius 3 is 2.93 bits per heavy atom. The van der Waals surface area contributed by atoms with Crippen molar-refractivity contribution in [3.63, 3.8) is 0 Å². The van der Waals surface area contributed by atoms with Gasteiger partial charge < -0.3 is 15.8 Å². The molecule has 1 heterocycles. The summed E-state index contributed by atoms with van der Waals surface area (Å²) >= 11 is 0. The number of aryl methyl sites for hydroxylation is 1. The predicted octanol–water partition coefficient (Wildman–Crippen LogP) is 1.81. The number of aromatic nitrogens is 1. The molecule has 0 spiro atoms. The maximum absolute atomic E-state index is 5.62. The van der Waals surface area contributed by atoms with Gasteiger partial charge in [0.1, 0.15) is 5.82 Å². The van der Waals surface area contributed by atoms with E-state index in [1.165, 1.54) is 0 Å². The van der Waals surface area contributed by atoms with Crippen molar-refractivity contribution in [3.8, 4) is 0 Å². The van der Waals surface area contributed by atoms with Crippen LogP contribution >= 0.6 is 0 Å². The van der Waals surface area contributed by atoms with Crippen molar-refractivity contribution >= 4 is 11.5 Å². The van der Waals surface area contributed by atoms with Crippen molar-refractivity contribution in [1.82, 2.24) is 4.98 Å². The summed E-state index contributed by atoms with van der Waals surface area (Å²) in [5.41, 5.74) is 7.37. The zero-order valence-corrected chi connectivity index (χ0v) is 9.58. The van der Waals surface area contributed by atoms with Crippen LogP contribution in [0.2, 0.25) is 0 Å². The highest BCUT2D eigenvalue weighted by atomic mass is 16.5. The Bertz CT molecular complexity index is 315. The van der Waals surface area contributed by atoms with Gasteiger partial charge in [0.25, 0.3) is 0 Å². The lowest BCUT2D eigenvalue weighted by molar-refractivity contribution is 0.141. The molecule has 84 valence electrons. The summed E-state index contributed by atoms with van der Waals surface area (Å²) in [6.07, 6.45) is 1.66. The second-order valence-electron chi connectivity index (χ2n) is 3.64. The summed E-state index contributed by atoms with van der Waals surface area (Å²) in [5.74, 6) is 0.872. The molecule has 3 N–H and O–H groups in total. The third-order valence-corrected chi connectivity index (χ3v) is 2.05. The van der Waals surface area contributed by atoms with E-state index < -0.39 is 0 Å². The van der Waals surface area contributed by atoms with E-state index in [2.05, 4.69) is 17.2 Å². The van der Waals surface area contributed by atoms with Crippen molar-refractivity contribution in [2.45, 2.75) is 26.8 Å². The minimum Gasteiger partial charge on any atom is -0.397 e. The summed E-state index contributed by atoms with van der Waals surface area (Å²) < 4.78 is 5.32. The summed E-state index contributed by atoms with van der Waals surface area (Å²) in [4.78, 5) is 4.23. The van der Waals surface area contributed by atoms with Crippen molar-refractivity contribution in [1.29, 1.82) is 0 Å². The fraction of sp³-hybridized carbons (Fsp3) is 0.545. The first-order valence-electron chi connectivity index (χ1n) is 5.20. The zero-order chi connectivity index (χ0) is 11.3. The molecule has 0 aliphatic carbocycles. The molecule has 1 rings (SSSR count). The first kappa shape index (κ1) is 11.8. The number of nitrogens with two attached hydrogens (primary N) is 1. The number of hydrogen-bond acceptors (Lipinski definition) is 4. The molecule has 0 saturated heterocycles. The Kier molecular flexibility index (Phi) is 4.37. The monoisotopic (exact) mass is 209 g/mol. The maximum Gasteiger partial charge on any atom is 0.129 e. The standard InChI is InChI=1S/C11H19N3O/c1-4-15-7-9(3)14-11-8(2)5-10(12)6-13-11/h5-6,9H,4,7,12H2,1-3H3,(H,13,14). The quantitative estimate of drug-likeness (QED) is 0.776. The molecular weight excluding hydrogens is 190 g/mol. The highest BCUT2D eigenvalue weighted by Gasteiger charge is 2.05.